The van der Waals surface area contributed by atoms with Crippen molar-refractivity contribution in [3.05, 3.63) is 0 Å². The van der Waals surface area contributed by atoms with E-state index < -0.39 is 0 Å². The Morgan fingerprint density at radius 3 is 2.71 bits per heavy atom. The van der Waals surface area contributed by atoms with Gasteiger partial charge in [-0.25, -0.2) is 0 Å². The van der Waals surface area contributed by atoms with Crippen LogP contribution in [0.1, 0.15) is 6.92 Å². The van der Waals surface area contributed by atoms with Gasteiger partial charge in [0.25, 0.3) is 0 Å². The second-order valence-corrected chi connectivity index (χ2v) is 2.10. The highest BCUT2D eigenvalue weighted by molar-refractivity contribution is 5.97. The summed E-state index contributed by atoms with van der Waals surface area (Å²) in [6, 6.07) is 0. The lowest BCUT2D eigenvalue weighted by Crippen LogP contribution is -1.99. The molecule has 0 saturated carbocycles. The fourth-order valence-corrected chi connectivity index (χ4v) is 0.798. The van der Waals surface area contributed by atoms with Gasteiger partial charge in [-0.15, -0.1) is 12.3 Å². The summed E-state index contributed by atoms with van der Waals surface area (Å²) in [5, 5.41) is 0. The van der Waals surface area contributed by atoms with Crippen LogP contribution in [0.25, 0.3) is 0 Å². The van der Waals surface area contributed by atoms with Gasteiger partial charge in [0.05, 0.1) is 0 Å². The average molecular weight is 114 g/mol. The molecule has 0 radical (unpaired) electrons. The number of hydrogen-bond acceptors (Lipinski definition) is 1. The minimum atomic E-state index is 0.289. The zero-order valence-electron chi connectivity index (χ0n) is 4.77. The second kappa shape index (κ2) is 3.91. The quantitative estimate of drug-likeness (QED) is 0.349. The van der Waals surface area contributed by atoms with Gasteiger partial charge in [0.15, 0.2) is 0 Å². The summed E-state index contributed by atoms with van der Waals surface area (Å²) >= 11 is 0. The SMILES string of the molecule is C#CC(C)CO[SiH3]. The van der Waals surface area contributed by atoms with Crippen molar-refractivity contribution < 1.29 is 4.43 Å². The molecule has 0 heterocycles. The van der Waals surface area contributed by atoms with E-state index >= 15 is 0 Å². The molecule has 1 unspecified atom stereocenters. The maximum absolute atomic E-state index is 5.04. The third kappa shape index (κ3) is 3.57. The van der Waals surface area contributed by atoms with E-state index in [1.165, 1.54) is 0 Å². The monoisotopic (exact) mass is 114 g/mol. The first-order valence-electron chi connectivity index (χ1n) is 2.26. The molecule has 0 aliphatic carbocycles. The molecule has 1 nitrogen and oxygen atoms in total. The molecular weight excluding hydrogens is 104 g/mol. The summed E-state index contributed by atoms with van der Waals surface area (Å²) in [6.45, 7) is 2.70. The van der Waals surface area contributed by atoms with Crippen LogP contribution in [0.3, 0.4) is 0 Å². The zero-order chi connectivity index (χ0) is 5.70. The van der Waals surface area contributed by atoms with E-state index in [1.54, 1.807) is 0 Å². The van der Waals surface area contributed by atoms with Crippen molar-refractivity contribution >= 4 is 10.5 Å². The summed E-state index contributed by atoms with van der Waals surface area (Å²) in [6.07, 6.45) is 5.04. The van der Waals surface area contributed by atoms with Gasteiger partial charge in [0.2, 0.25) is 0 Å². The Bertz CT molecular complexity index is 74.6. The van der Waals surface area contributed by atoms with E-state index in [4.69, 9.17) is 10.8 Å². The van der Waals surface area contributed by atoms with Gasteiger partial charge in [-0.1, -0.05) is 0 Å². The van der Waals surface area contributed by atoms with Crippen LogP contribution in [-0.2, 0) is 4.43 Å². The summed E-state index contributed by atoms with van der Waals surface area (Å²) in [4.78, 5) is 0. The summed E-state index contributed by atoms with van der Waals surface area (Å²) in [5.41, 5.74) is 0. The van der Waals surface area contributed by atoms with E-state index in [1.807, 2.05) is 6.92 Å². The third-order valence-corrected chi connectivity index (χ3v) is 1.03. The molecule has 0 saturated heterocycles. The van der Waals surface area contributed by atoms with E-state index in [-0.39, 0.29) is 5.92 Å². The summed E-state index contributed by atoms with van der Waals surface area (Å²) < 4.78 is 4.89. The molecule has 1 atom stereocenters. The summed E-state index contributed by atoms with van der Waals surface area (Å²) in [7, 11) is 0.796. The minimum Gasteiger partial charge on any atom is -0.427 e. The molecule has 0 aromatic carbocycles. The third-order valence-electron chi connectivity index (χ3n) is 0.701. The van der Waals surface area contributed by atoms with Crippen molar-refractivity contribution in [3.63, 3.8) is 0 Å². The lowest BCUT2D eigenvalue weighted by molar-refractivity contribution is 0.316. The molecule has 0 bridgehead atoms. The maximum atomic E-state index is 5.04. The molecular formula is C5H10OSi. The van der Waals surface area contributed by atoms with Crippen molar-refractivity contribution in [2.75, 3.05) is 6.61 Å². The second-order valence-electron chi connectivity index (χ2n) is 1.52. The number of hydrogen-bond donors (Lipinski definition) is 0. The van der Waals surface area contributed by atoms with Crippen LogP contribution in [0.5, 0.6) is 0 Å². The first kappa shape index (κ1) is 6.74. The highest BCUT2D eigenvalue weighted by Crippen LogP contribution is 1.88. The lowest BCUT2D eigenvalue weighted by Gasteiger charge is -1.98. The van der Waals surface area contributed by atoms with Crippen molar-refractivity contribution in [2.24, 2.45) is 5.92 Å². The van der Waals surface area contributed by atoms with Crippen molar-refractivity contribution in [3.8, 4) is 12.3 Å². The standard InChI is InChI=1S/C5H10OSi/c1-3-5(2)4-6-7/h1,5H,4H2,2,7H3. The first-order valence-corrected chi connectivity index (χ1v) is 3.08. The van der Waals surface area contributed by atoms with Gasteiger partial charge in [-0.05, 0) is 6.92 Å². The van der Waals surface area contributed by atoms with Gasteiger partial charge < -0.3 is 4.43 Å². The average Bonchev–Trinajstić information content (AvgIpc) is 1.68. The van der Waals surface area contributed by atoms with Gasteiger partial charge in [-0.3, -0.25) is 0 Å². The van der Waals surface area contributed by atoms with Gasteiger partial charge in [0.1, 0.15) is 10.5 Å². The Kier molecular flexibility index (Phi) is 3.76. The topological polar surface area (TPSA) is 9.23 Å². The highest BCUT2D eigenvalue weighted by atomic mass is 28.2. The Morgan fingerprint density at radius 2 is 2.57 bits per heavy atom. The van der Waals surface area contributed by atoms with Crippen LogP contribution in [0.2, 0.25) is 0 Å². The van der Waals surface area contributed by atoms with Gasteiger partial charge in [0, 0.05) is 12.5 Å². The van der Waals surface area contributed by atoms with Crippen molar-refractivity contribution in [2.45, 2.75) is 6.92 Å². The molecule has 7 heavy (non-hydrogen) atoms. The van der Waals surface area contributed by atoms with Crippen LogP contribution >= 0.6 is 0 Å². The lowest BCUT2D eigenvalue weighted by atomic mass is 10.2. The van der Waals surface area contributed by atoms with E-state index in [2.05, 4.69) is 5.92 Å². The zero-order valence-corrected chi connectivity index (χ0v) is 6.77. The fraction of sp³-hybridized carbons (Fsp3) is 0.600. The fourth-order valence-electron chi connectivity index (χ4n) is 0.298. The van der Waals surface area contributed by atoms with Crippen LogP contribution in [0, 0.1) is 18.3 Å². The van der Waals surface area contributed by atoms with E-state index in [9.17, 15) is 0 Å². The number of terminal acetylenes is 1. The number of rotatable bonds is 2. The molecule has 40 valence electrons. The minimum absolute atomic E-state index is 0.289. The Labute approximate surface area is 47.6 Å². The van der Waals surface area contributed by atoms with Crippen molar-refractivity contribution in [1.82, 2.24) is 0 Å². The molecule has 0 spiro atoms. The summed E-state index contributed by atoms with van der Waals surface area (Å²) in [5.74, 6) is 2.85. The Morgan fingerprint density at radius 1 is 2.00 bits per heavy atom. The largest absolute Gasteiger partial charge is 0.427 e. The molecule has 0 aliphatic rings. The van der Waals surface area contributed by atoms with Crippen LogP contribution in [-0.4, -0.2) is 17.1 Å². The van der Waals surface area contributed by atoms with Crippen LogP contribution in [0.15, 0.2) is 0 Å². The van der Waals surface area contributed by atoms with Gasteiger partial charge in [-0.2, -0.15) is 0 Å². The Hall–Kier alpha value is -0.263. The van der Waals surface area contributed by atoms with Crippen LogP contribution in [0.4, 0.5) is 0 Å². The molecule has 0 aromatic heterocycles. The van der Waals surface area contributed by atoms with Crippen LogP contribution < -0.4 is 0 Å². The molecule has 2 heteroatoms. The smallest absolute Gasteiger partial charge is 0.146 e. The van der Waals surface area contributed by atoms with Gasteiger partial charge >= 0.3 is 0 Å². The predicted molar refractivity (Wildman–Crippen MR) is 33.9 cm³/mol. The normalized spacial score (nSPS) is 13.1. The molecule has 0 amide bonds. The first-order chi connectivity index (χ1) is 3.31. The maximum Gasteiger partial charge on any atom is 0.146 e. The Balaban J connectivity index is 3.04. The highest BCUT2D eigenvalue weighted by Gasteiger charge is 1.89. The van der Waals surface area contributed by atoms with E-state index in [0.29, 0.717) is 0 Å². The van der Waals surface area contributed by atoms with Crippen molar-refractivity contribution in [1.29, 1.82) is 0 Å². The molecule has 0 rings (SSSR count). The molecule has 0 aromatic rings. The predicted octanol–water partition coefficient (Wildman–Crippen LogP) is -0.447. The van der Waals surface area contributed by atoms with E-state index in [0.717, 1.165) is 17.1 Å². The molecule has 0 N–H and O–H groups in total. The molecule has 0 aliphatic heterocycles. The molecule has 0 fully saturated rings.